The molecule has 23 heavy (non-hydrogen) atoms. The molecule has 2 bridgehead atoms. The summed E-state index contributed by atoms with van der Waals surface area (Å²) >= 11 is 0. The molecule has 2 saturated heterocycles. The summed E-state index contributed by atoms with van der Waals surface area (Å²) in [4.78, 5) is 21.3. The number of fused-ring (bicyclic) bond motifs is 2. The number of aromatic nitrogens is 2. The van der Waals surface area contributed by atoms with Gasteiger partial charge in [-0.3, -0.25) is 9.69 Å². The van der Waals surface area contributed by atoms with E-state index in [1.54, 1.807) is 0 Å². The van der Waals surface area contributed by atoms with Crippen LogP contribution in [0.5, 0.6) is 0 Å². The Labute approximate surface area is 135 Å². The molecule has 0 radical (unpaired) electrons. The molecule has 1 aromatic carbocycles. The van der Waals surface area contributed by atoms with Crippen molar-refractivity contribution in [2.75, 3.05) is 20.1 Å². The number of amides is 1. The van der Waals surface area contributed by atoms with E-state index in [0.717, 1.165) is 30.6 Å². The summed E-state index contributed by atoms with van der Waals surface area (Å²) in [6.45, 7) is 1.68. The lowest BCUT2D eigenvalue weighted by Crippen LogP contribution is -2.39. The molecule has 2 unspecified atom stereocenters. The molecule has 2 atom stereocenters. The lowest BCUT2D eigenvalue weighted by molar-refractivity contribution is 0.0740. The lowest BCUT2D eigenvalue weighted by atomic mass is 10.1. The van der Waals surface area contributed by atoms with E-state index in [0.29, 0.717) is 17.9 Å². The molecule has 2 aliphatic heterocycles. The molecule has 1 aromatic heterocycles. The minimum atomic E-state index is 0.116. The van der Waals surface area contributed by atoms with Crippen molar-refractivity contribution >= 4 is 5.91 Å². The van der Waals surface area contributed by atoms with Gasteiger partial charge in [-0.2, -0.15) is 4.98 Å². The molecule has 0 aliphatic carbocycles. The normalized spacial score (nSPS) is 24.7. The van der Waals surface area contributed by atoms with E-state index in [-0.39, 0.29) is 5.91 Å². The number of rotatable bonds is 2. The highest BCUT2D eigenvalue weighted by Crippen LogP contribution is 2.29. The van der Waals surface area contributed by atoms with E-state index in [4.69, 9.17) is 4.52 Å². The van der Waals surface area contributed by atoms with Crippen LogP contribution in [-0.2, 0) is 0 Å². The first-order valence-corrected chi connectivity index (χ1v) is 8.10. The Balaban J connectivity index is 1.50. The Kier molecular flexibility index (Phi) is 3.61. The van der Waals surface area contributed by atoms with Crippen LogP contribution in [0.2, 0.25) is 0 Å². The van der Waals surface area contributed by atoms with Crippen molar-refractivity contribution in [3.05, 3.63) is 36.2 Å². The fourth-order valence-corrected chi connectivity index (χ4v) is 3.74. The van der Waals surface area contributed by atoms with Crippen molar-refractivity contribution in [3.8, 4) is 11.4 Å². The molecule has 1 amide bonds. The molecule has 0 saturated carbocycles. The maximum absolute atomic E-state index is 12.8. The van der Waals surface area contributed by atoms with Crippen LogP contribution >= 0.6 is 0 Å². The molecule has 3 heterocycles. The largest absolute Gasteiger partial charge is 0.342 e. The third-order valence-electron chi connectivity index (χ3n) is 5.19. The van der Waals surface area contributed by atoms with Gasteiger partial charge in [0.25, 0.3) is 5.91 Å². The van der Waals surface area contributed by atoms with Crippen molar-refractivity contribution < 1.29 is 9.32 Å². The molecule has 0 spiro atoms. The molecule has 2 aromatic rings. The molecule has 120 valence electrons. The minimum Gasteiger partial charge on any atom is -0.342 e. The summed E-state index contributed by atoms with van der Waals surface area (Å²) in [6.07, 6.45) is 4.83. The van der Waals surface area contributed by atoms with Gasteiger partial charge in [0.1, 0.15) is 0 Å². The van der Waals surface area contributed by atoms with E-state index >= 15 is 0 Å². The van der Waals surface area contributed by atoms with E-state index in [1.807, 2.05) is 29.2 Å². The van der Waals surface area contributed by atoms with Crippen LogP contribution < -0.4 is 0 Å². The topological polar surface area (TPSA) is 62.5 Å². The van der Waals surface area contributed by atoms with E-state index in [1.165, 1.54) is 19.2 Å². The van der Waals surface area contributed by atoms with Gasteiger partial charge >= 0.3 is 0 Å². The Morgan fingerprint density at radius 1 is 1.17 bits per heavy atom. The third kappa shape index (κ3) is 2.63. The van der Waals surface area contributed by atoms with Crippen molar-refractivity contribution in [2.24, 2.45) is 0 Å². The second kappa shape index (κ2) is 5.77. The van der Waals surface area contributed by atoms with Gasteiger partial charge in [-0.15, -0.1) is 0 Å². The van der Waals surface area contributed by atoms with Gasteiger partial charge in [-0.05, 0) is 38.4 Å². The van der Waals surface area contributed by atoms with E-state index < -0.39 is 0 Å². The number of hydrogen-bond acceptors (Lipinski definition) is 5. The monoisotopic (exact) mass is 312 g/mol. The Morgan fingerprint density at radius 2 is 1.96 bits per heavy atom. The zero-order chi connectivity index (χ0) is 15.8. The number of benzene rings is 1. The van der Waals surface area contributed by atoms with Crippen molar-refractivity contribution in [2.45, 2.75) is 31.3 Å². The highest BCUT2D eigenvalue weighted by Gasteiger charge is 2.36. The standard InChI is InChI=1S/C17H20N4O2/c1-20-14-6-7-15(20)10-21(9-8-14)17(22)13-4-2-12(3-5-13)16-18-11-23-19-16/h2-5,11,14-15H,6-10H2,1H3. The van der Waals surface area contributed by atoms with Crippen molar-refractivity contribution in [3.63, 3.8) is 0 Å². The predicted octanol–water partition coefficient (Wildman–Crippen LogP) is 2.05. The van der Waals surface area contributed by atoms with Crippen LogP contribution in [0.15, 0.2) is 35.2 Å². The van der Waals surface area contributed by atoms with Crippen molar-refractivity contribution in [1.82, 2.24) is 19.9 Å². The second-order valence-corrected chi connectivity index (χ2v) is 6.42. The number of hydrogen-bond donors (Lipinski definition) is 0. The SMILES string of the molecule is CN1C2CCC1CN(C(=O)c1ccc(-c3ncon3)cc1)CC2. The van der Waals surface area contributed by atoms with E-state index in [9.17, 15) is 4.79 Å². The average molecular weight is 312 g/mol. The van der Waals surface area contributed by atoms with Gasteiger partial charge in [-0.25, -0.2) is 0 Å². The molecule has 4 rings (SSSR count). The Bertz CT molecular complexity index is 683. The summed E-state index contributed by atoms with van der Waals surface area (Å²) in [5.74, 6) is 0.656. The van der Waals surface area contributed by atoms with Gasteiger partial charge < -0.3 is 9.42 Å². The predicted molar refractivity (Wildman–Crippen MR) is 84.8 cm³/mol. The fourth-order valence-electron chi connectivity index (χ4n) is 3.74. The maximum atomic E-state index is 12.8. The summed E-state index contributed by atoms with van der Waals surface area (Å²) in [5, 5.41) is 3.81. The fraction of sp³-hybridized carbons (Fsp3) is 0.471. The highest BCUT2D eigenvalue weighted by molar-refractivity contribution is 5.94. The van der Waals surface area contributed by atoms with Crippen LogP contribution in [0, 0.1) is 0 Å². The molecular formula is C17H20N4O2. The molecular weight excluding hydrogens is 292 g/mol. The smallest absolute Gasteiger partial charge is 0.253 e. The Hall–Kier alpha value is -2.21. The lowest BCUT2D eigenvalue weighted by Gasteiger charge is -2.26. The molecule has 0 N–H and O–H groups in total. The van der Waals surface area contributed by atoms with Crippen LogP contribution in [0.3, 0.4) is 0 Å². The second-order valence-electron chi connectivity index (χ2n) is 6.42. The first-order chi connectivity index (χ1) is 11.2. The number of likely N-dealkylation sites (N-methyl/N-ethyl adjacent to an activating group) is 1. The first-order valence-electron chi connectivity index (χ1n) is 8.10. The van der Waals surface area contributed by atoms with Gasteiger partial charge in [-0.1, -0.05) is 17.3 Å². The quantitative estimate of drug-likeness (QED) is 0.849. The van der Waals surface area contributed by atoms with Gasteiger partial charge in [0.15, 0.2) is 0 Å². The summed E-state index contributed by atoms with van der Waals surface area (Å²) < 4.78 is 4.75. The first kappa shape index (κ1) is 14.4. The summed E-state index contributed by atoms with van der Waals surface area (Å²) in [7, 11) is 2.19. The van der Waals surface area contributed by atoms with Gasteiger partial charge in [0.05, 0.1) is 0 Å². The molecule has 2 fully saturated rings. The van der Waals surface area contributed by atoms with Gasteiger partial charge in [0.2, 0.25) is 12.2 Å². The third-order valence-corrected chi connectivity index (χ3v) is 5.19. The molecule has 6 nitrogen and oxygen atoms in total. The highest BCUT2D eigenvalue weighted by atomic mass is 16.5. The van der Waals surface area contributed by atoms with E-state index in [2.05, 4.69) is 22.1 Å². The number of nitrogens with zero attached hydrogens (tertiary/aromatic N) is 4. The maximum Gasteiger partial charge on any atom is 0.253 e. The van der Waals surface area contributed by atoms with Gasteiger partial charge in [0, 0.05) is 36.3 Å². The number of likely N-dealkylation sites (tertiary alicyclic amines) is 1. The minimum absolute atomic E-state index is 0.116. The van der Waals surface area contributed by atoms with Crippen LogP contribution in [0.1, 0.15) is 29.6 Å². The number of carbonyl (C=O) groups excluding carboxylic acids is 1. The van der Waals surface area contributed by atoms with Crippen molar-refractivity contribution in [1.29, 1.82) is 0 Å². The van der Waals surface area contributed by atoms with Crippen LogP contribution in [-0.4, -0.2) is 58.1 Å². The summed E-state index contributed by atoms with van der Waals surface area (Å²) in [6, 6.07) is 8.58. The Morgan fingerprint density at radius 3 is 2.70 bits per heavy atom. The molecule has 6 heteroatoms. The zero-order valence-electron chi connectivity index (χ0n) is 13.2. The van der Waals surface area contributed by atoms with Crippen LogP contribution in [0.25, 0.3) is 11.4 Å². The average Bonchev–Trinajstić information content (AvgIpc) is 3.16. The number of carbonyl (C=O) groups is 1. The molecule has 2 aliphatic rings. The zero-order valence-corrected chi connectivity index (χ0v) is 13.2. The van der Waals surface area contributed by atoms with Crippen LogP contribution in [0.4, 0.5) is 0 Å². The summed E-state index contributed by atoms with van der Waals surface area (Å²) in [5.41, 5.74) is 1.57.